The van der Waals surface area contributed by atoms with Crippen molar-refractivity contribution in [2.45, 2.75) is 46.0 Å². The summed E-state index contributed by atoms with van der Waals surface area (Å²) in [6.07, 6.45) is 2.26. The Balaban J connectivity index is 2.15. The molecule has 0 spiro atoms. The predicted octanol–water partition coefficient (Wildman–Crippen LogP) is 3.86. The topological polar surface area (TPSA) is 20.3 Å². The van der Waals surface area contributed by atoms with Gasteiger partial charge in [0.2, 0.25) is 0 Å². The third-order valence-corrected chi connectivity index (χ3v) is 4.05. The van der Waals surface area contributed by atoms with Gasteiger partial charge in [0.1, 0.15) is 0 Å². The van der Waals surface area contributed by atoms with E-state index in [9.17, 15) is 4.79 Å². The average molecular weight is 259 g/mol. The van der Waals surface area contributed by atoms with Crippen LogP contribution in [0.25, 0.3) is 0 Å². The number of likely N-dealkylation sites (tertiary alicyclic amines) is 1. The Bertz CT molecular complexity index is 451. The molecule has 0 unspecified atom stereocenters. The van der Waals surface area contributed by atoms with E-state index >= 15 is 0 Å². The van der Waals surface area contributed by atoms with Crippen LogP contribution in [0.4, 0.5) is 0 Å². The molecule has 2 heteroatoms. The SMILES string of the molecule is CC1CCN(C(=O)c2cccc(C(C)(C)C)c2)CC1. The van der Waals surface area contributed by atoms with Crippen LogP contribution in [0.1, 0.15) is 56.5 Å². The number of nitrogens with zero attached hydrogens (tertiary/aromatic N) is 1. The summed E-state index contributed by atoms with van der Waals surface area (Å²) in [7, 11) is 0. The quantitative estimate of drug-likeness (QED) is 0.750. The van der Waals surface area contributed by atoms with Crippen LogP contribution in [-0.4, -0.2) is 23.9 Å². The van der Waals surface area contributed by atoms with Crippen LogP contribution in [0.5, 0.6) is 0 Å². The fourth-order valence-electron chi connectivity index (χ4n) is 2.51. The van der Waals surface area contributed by atoms with Crippen molar-refractivity contribution in [1.29, 1.82) is 0 Å². The van der Waals surface area contributed by atoms with Gasteiger partial charge < -0.3 is 4.90 Å². The molecular formula is C17H25NO. The molecule has 1 amide bonds. The summed E-state index contributed by atoms with van der Waals surface area (Å²) in [5.41, 5.74) is 2.15. The van der Waals surface area contributed by atoms with E-state index < -0.39 is 0 Å². The monoisotopic (exact) mass is 259 g/mol. The molecule has 1 aromatic carbocycles. The zero-order chi connectivity index (χ0) is 14.0. The normalized spacial score (nSPS) is 17.6. The number of rotatable bonds is 1. The lowest BCUT2D eigenvalue weighted by molar-refractivity contribution is 0.0697. The van der Waals surface area contributed by atoms with Crippen molar-refractivity contribution >= 4 is 5.91 Å². The second kappa shape index (κ2) is 5.36. The molecule has 104 valence electrons. The van der Waals surface area contributed by atoms with Crippen molar-refractivity contribution in [1.82, 2.24) is 4.90 Å². The van der Waals surface area contributed by atoms with Crippen LogP contribution >= 0.6 is 0 Å². The number of hydrogen-bond donors (Lipinski definition) is 0. The molecule has 0 bridgehead atoms. The van der Waals surface area contributed by atoms with Gasteiger partial charge in [0, 0.05) is 18.7 Å². The van der Waals surface area contributed by atoms with Crippen molar-refractivity contribution < 1.29 is 4.79 Å². The number of hydrogen-bond acceptors (Lipinski definition) is 1. The van der Waals surface area contributed by atoms with Crippen LogP contribution in [0.3, 0.4) is 0 Å². The smallest absolute Gasteiger partial charge is 0.253 e. The maximum absolute atomic E-state index is 12.5. The Morgan fingerprint density at radius 1 is 1.21 bits per heavy atom. The van der Waals surface area contributed by atoms with E-state index in [1.54, 1.807) is 0 Å². The van der Waals surface area contributed by atoms with Gasteiger partial charge in [-0.2, -0.15) is 0 Å². The first-order chi connectivity index (χ1) is 8.88. The summed E-state index contributed by atoms with van der Waals surface area (Å²) in [6, 6.07) is 8.10. The Hall–Kier alpha value is -1.31. The first-order valence-electron chi connectivity index (χ1n) is 7.28. The minimum atomic E-state index is 0.0900. The Kier molecular flexibility index (Phi) is 3.98. The van der Waals surface area contributed by atoms with Crippen molar-refractivity contribution in [2.24, 2.45) is 5.92 Å². The molecule has 1 saturated heterocycles. The lowest BCUT2D eigenvalue weighted by Crippen LogP contribution is -2.38. The highest BCUT2D eigenvalue weighted by molar-refractivity contribution is 5.94. The van der Waals surface area contributed by atoms with Gasteiger partial charge in [-0.25, -0.2) is 0 Å². The zero-order valence-electron chi connectivity index (χ0n) is 12.6. The molecule has 0 saturated carbocycles. The van der Waals surface area contributed by atoms with Gasteiger partial charge in [-0.3, -0.25) is 4.79 Å². The van der Waals surface area contributed by atoms with Crippen molar-refractivity contribution in [3.8, 4) is 0 Å². The highest BCUT2D eigenvalue weighted by atomic mass is 16.2. The van der Waals surface area contributed by atoms with Crippen molar-refractivity contribution in [3.63, 3.8) is 0 Å². The van der Waals surface area contributed by atoms with Gasteiger partial charge in [-0.05, 0) is 41.9 Å². The van der Waals surface area contributed by atoms with E-state index in [1.807, 2.05) is 17.0 Å². The van der Waals surface area contributed by atoms with E-state index in [-0.39, 0.29) is 11.3 Å². The summed E-state index contributed by atoms with van der Waals surface area (Å²) in [4.78, 5) is 14.5. The number of amides is 1. The van der Waals surface area contributed by atoms with Crippen LogP contribution < -0.4 is 0 Å². The van der Waals surface area contributed by atoms with Crippen LogP contribution in [-0.2, 0) is 5.41 Å². The first kappa shape index (κ1) is 14.1. The Morgan fingerprint density at radius 2 is 1.84 bits per heavy atom. The van der Waals surface area contributed by atoms with Gasteiger partial charge in [0.15, 0.2) is 0 Å². The number of carbonyl (C=O) groups is 1. The summed E-state index contributed by atoms with van der Waals surface area (Å²) in [5.74, 6) is 0.947. The molecule has 0 N–H and O–H groups in total. The molecule has 1 aliphatic heterocycles. The molecule has 0 atom stereocenters. The fraction of sp³-hybridized carbons (Fsp3) is 0.588. The summed E-state index contributed by atoms with van der Waals surface area (Å²) in [5, 5.41) is 0. The molecule has 2 nitrogen and oxygen atoms in total. The first-order valence-corrected chi connectivity index (χ1v) is 7.28. The van der Waals surface area contributed by atoms with Crippen LogP contribution in [0.2, 0.25) is 0 Å². The van der Waals surface area contributed by atoms with Crippen molar-refractivity contribution in [3.05, 3.63) is 35.4 Å². The second-order valence-electron chi connectivity index (χ2n) is 6.81. The van der Waals surface area contributed by atoms with E-state index in [4.69, 9.17) is 0 Å². The minimum Gasteiger partial charge on any atom is -0.339 e. The molecule has 1 heterocycles. The molecule has 0 radical (unpaired) electrons. The largest absolute Gasteiger partial charge is 0.339 e. The number of carbonyl (C=O) groups excluding carboxylic acids is 1. The summed E-state index contributed by atoms with van der Waals surface area (Å²) < 4.78 is 0. The molecule has 1 aromatic rings. The van der Waals surface area contributed by atoms with Crippen LogP contribution in [0.15, 0.2) is 24.3 Å². The molecule has 1 fully saturated rings. The fourth-order valence-corrected chi connectivity index (χ4v) is 2.51. The second-order valence-corrected chi connectivity index (χ2v) is 6.81. The van der Waals surface area contributed by atoms with Gasteiger partial charge >= 0.3 is 0 Å². The summed E-state index contributed by atoms with van der Waals surface area (Å²) in [6.45, 7) is 10.6. The number of benzene rings is 1. The molecule has 2 rings (SSSR count). The lowest BCUT2D eigenvalue weighted by Gasteiger charge is -2.30. The molecular weight excluding hydrogens is 234 g/mol. The third-order valence-electron chi connectivity index (χ3n) is 4.05. The number of piperidine rings is 1. The van der Waals surface area contributed by atoms with E-state index in [0.717, 1.165) is 37.4 Å². The van der Waals surface area contributed by atoms with E-state index in [0.29, 0.717) is 0 Å². The Labute approximate surface area is 116 Å². The summed E-state index contributed by atoms with van der Waals surface area (Å²) >= 11 is 0. The third kappa shape index (κ3) is 3.37. The van der Waals surface area contributed by atoms with Crippen LogP contribution in [0, 0.1) is 5.92 Å². The molecule has 0 aliphatic carbocycles. The molecule has 0 aromatic heterocycles. The maximum Gasteiger partial charge on any atom is 0.253 e. The van der Waals surface area contributed by atoms with Gasteiger partial charge in [0.25, 0.3) is 5.91 Å². The van der Waals surface area contributed by atoms with Gasteiger partial charge in [-0.15, -0.1) is 0 Å². The van der Waals surface area contributed by atoms with Gasteiger partial charge in [-0.1, -0.05) is 39.8 Å². The minimum absolute atomic E-state index is 0.0900. The zero-order valence-corrected chi connectivity index (χ0v) is 12.6. The lowest BCUT2D eigenvalue weighted by atomic mass is 9.86. The standard InChI is InChI=1S/C17H25NO/c1-13-8-10-18(11-9-13)16(19)14-6-5-7-15(12-14)17(2,3)4/h5-7,12-13H,8-11H2,1-4H3. The van der Waals surface area contributed by atoms with Gasteiger partial charge in [0.05, 0.1) is 0 Å². The van der Waals surface area contributed by atoms with Crippen molar-refractivity contribution in [2.75, 3.05) is 13.1 Å². The highest BCUT2D eigenvalue weighted by Gasteiger charge is 2.22. The predicted molar refractivity (Wildman–Crippen MR) is 79.4 cm³/mol. The maximum atomic E-state index is 12.5. The highest BCUT2D eigenvalue weighted by Crippen LogP contribution is 2.24. The van der Waals surface area contributed by atoms with E-state index in [1.165, 1.54) is 5.56 Å². The molecule has 19 heavy (non-hydrogen) atoms. The molecule has 1 aliphatic rings. The van der Waals surface area contributed by atoms with E-state index in [2.05, 4.69) is 39.8 Å². The average Bonchev–Trinajstić information content (AvgIpc) is 2.38. The Morgan fingerprint density at radius 3 is 2.42 bits per heavy atom.